The van der Waals surface area contributed by atoms with Crippen LogP contribution in [0.5, 0.6) is 0 Å². The zero-order chi connectivity index (χ0) is 13.4. The number of nitrogens with one attached hydrogen (secondary N) is 1. The highest BCUT2D eigenvalue weighted by molar-refractivity contribution is 5.16. The van der Waals surface area contributed by atoms with E-state index in [0.29, 0.717) is 12.1 Å². The molecule has 0 heterocycles. The lowest BCUT2D eigenvalue weighted by atomic mass is 10.1. The zero-order valence-electron chi connectivity index (χ0n) is 11.1. The Hall–Kier alpha value is -0.970. The number of benzene rings is 1. The minimum absolute atomic E-state index is 0.177. The first kappa shape index (κ1) is 15.1. The van der Waals surface area contributed by atoms with E-state index in [1.54, 1.807) is 25.1 Å². The summed E-state index contributed by atoms with van der Waals surface area (Å²) in [5.74, 6) is -0.277. The lowest BCUT2D eigenvalue weighted by Crippen LogP contribution is -2.42. The molecular formula is C14H22FNO2. The number of hydrogen-bond acceptors (Lipinski definition) is 3. The number of hydrogen-bond donors (Lipinski definition) is 2. The van der Waals surface area contributed by atoms with E-state index in [9.17, 15) is 9.50 Å². The van der Waals surface area contributed by atoms with Crippen molar-refractivity contribution in [3.63, 3.8) is 0 Å². The largest absolute Gasteiger partial charge is 0.386 e. The van der Waals surface area contributed by atoms with Gasteiger partial charge < -0.3 is 15.2 Å². The smallest absolute Gasteiger partial charge is 0.128 e. The molecule has 1 rings (SSSR count). The molecule has 0 bridgehead atoms. The maximum atomic E-state index is 13.3. The van der Waals surface area contributed by atoms with Crippen LogP contribution >= 0.6 is 0 Å². The topological polar surface area (TPSA) is 41.5 Å². The van der Waals surface area contributed by atoms with Crippen LogP contribution in [0.25, 0.3) is 0 Å². The van der Waals surface area contributed by atoms with E-state index in [1.165, 1.54) is 6.07 Å². The van der Waals surface area contributed by atoms with Crippen LogP contribution in [0.15, 0.2) is 24.3 Å². The molecular weight excluding hydrogens is 233 g/mol. The van der Waals surface area contributed by atoms with Gasteiger partial charge in [-0.3, -0.25) is 0 Å². The maximum Gasteiger partial charge on any atom is 0.128 e. The quantitative estimate of drug-likeness (QED) is 0.699. The molecule has 1 aromatic rings. The van der Waals surface area contributed by atoms with Gasteiger partial charge in [0.15, 0.2) is 0 Å². The summed E-state index contributed by atoms with van der Waals surface area (Å²) >= 11 is 0. The lowest BCUT2D eigenvalue weighted by molar-refractivity contribution is -0.0384. The molecule has 0 radical (unpaired) electrons. The van der Waals surface area contributed by atoms with Crippen LogP contribution < -0.4 is 5.32 Å². The molecule has 0 aliphatic rings. The van der Waals surface area contributed by atoms with Crippen molar-refractivity contribution in [3.05, 3.63) is 35.6 Å². The fraction of sp³-hybridized carbons (Fsp3) is 0.571. The summed E-state index contributed by atoms with van der Waals surface area (Å²) in [5.41, 5.74) is -0.421. The van der Waals surface area contributed by atoms with Gasteiger partial charge in [-0.25, -0.2) is 4.39 Å². The van der Waals surface area contributed by atoms with Gasteiger partial charge in [0, 0.05) is 12.1 Å². The zero-order valence-corrected chi connectivity index (χ0v) is 11.1. The van der Waals surface area contributed by atoms with E-state index in [2.05, 4.69) is 12.2 Å². The first-order valence-electron chi connectivity index (χ1n) is 6.29. The Morgan fingerprint density at radius 1 is 1.39 bits per heavy atom. The van der Waals surface area contributed by atoms with E-state index in [4.69, 9.17) is 4.74 Å². The molecule has 0 saturated carbocycles. The van der Waals surface area contributed by atoms with Crippen LogP contribution in [0.1, 0.15) is 25.8 Å². The average molecular weight is 255 g/mol. The highest BCUT2D eigenvalue weighted by atomic mass is 19.1. The third kappa shape index (κ3) is 5.58. The predicted octanol–water partition coefficient (Wildman–Crippen LogP) is 2.09. The van der Waals surface area contributed by atoms with E-state index < -0.39 is 5.60 Å². The van der Waals surface area contributed by atoms with Gasteiger partial charge in [-0.1, -0.05) is 25.1 Å². The third-order valence-corrected chi connectivity index (χ3v) is 2.56. The van der Waals surface area contributed by atoms with Crippen LogP contribution in [-0.2, 0) is 11.3 Å². The van der Waals surface area contributed by atoms with Crippen LogP contribution in [-0.4, -0.2) is 30.4 Å². The van der Waals surface area contributed by atoms with Crippen LogP contribution in [0.2, 0.25) is 0 Å². The molecule has 1 aromatic carbocycles. The Kier molecular flexibility index (Phi) is 6.25. The summed E-state index contributed by atoms with van der Waals surface area (Å²) in [5, 5.41) is 13.1. The Balaban J connectivity index is 2.30. The van der Waals surface area contributed by atoms with Gasteiger partial charge in [-0.05, 0) is 26.0 Å². The molecule has 0 aliphatic heterocycles. The molecule has 1 unspecified atom stereocenters. The Bertz CT molecular complexity index is 355. The first-order valence-corrected chi connectivity index (χ1v) is 6.29. The van der Waals surface area contributed by atoms with Gasteiger partial charge in [0.1, 0.15) is 5.82 Å². The average Bonchev–Trinajstić information content (AvgIpc) is 2.32. The van der Waals surface area contributed by atoms with Gasteiger partial charge in [0.25, 0.3) is 0 Å². The van der Waals surface area contributed by atoms with Crippen molar-refractivity contribution in [2.24, 2.45) is 0 Å². The third-order valence-electron chi connectivity index (χ3n) is 2.56. The Morgan fingerprint density at radius 2 is 2.11 bits per heavy atom. The summed E-state index contributed by atoms with van der Waals surface area (Å²) in [6.07, 6.45) is 1.02. The van der Waals surface area contributed by atoms with Crippen molar-refractivity contribution in [2.45, 2.75) is 32.5 Å². The molecule has 0 aliphatic carbocycles. The summed E-state index contributed by atoms with van der Waals surface area (Å²) in [7, 11) is 0. The fourth-order valence-corrected chi connectivity index (χ4v) is 1.58. The summed E-state index contributed by atoms with van der Waals surface area (Å²) < 4.78 is 18.7. The highest BCUT2D eigenvalue weighted by Gasteiger charge is 2.20. The summed E-state index contributed by atoms with van der Waals surface area (Å²) in [6.45, 7) is 5.46. The van der Waals surface area contributed by atoms with Crippen molar-refractivity contribution >= 4 is 0 Å². The second kappa shape index (κ2) is 7.46. The van der Waals surface area contributed by atoms with Crippen molar-refractivity contribution in [1.82, 2.24) is 5.32 Å². The van der Waals surface area contributed by atoms with Crippen molar-refractivity contribution in [3.8, 4) is 0 Å². The molecule has 18 heavy (non-hydrogen) atoms. The molecule has 0 aromatic heterocycles. The normalized spacial score (nSPS) is 14.4. The molecule has 0 spiro atoms. The molecule has 3 nitrogen and oxygen atoms in total. The molecule has 0 amide bonds. The van der Waals surface area contributed by atoms with E-state index in [0.717, 1.165) is 13.0 Å². The molecule has 4 heteroatoms. The number of rotatable bonds is 8. The first-order chi connectivity index (χ1) is 8.55. The standard InChI is InChI=1S/C14H22FNO2/c1-3-8-16-10-14(2,17)11-18-9-12-6-4-5-7-13(12)15/h4-7,16-17H,3,8-11H2,1-2H3. The summed E-state index contributed by atoms with van der Waals surface area (Å²) in [4.78, 5) is 0. The molecule has 1 atom stereocenters. The van der Waals surface area contributed by atoms with Crippen molar-refractivity contribution in [2.75, 3.05) is 19.7 Å². The van der Waals surface area contributed by atoms with Crippen molar-refractivity contribution < 1.29 is 14.2 Å². The monoisotopic (exact) mass is 255 g/mol. The highest BCUT2D eigenvalue weighted by Crippen LogP contribution is 2.10. The fourth-order valence-electron chi connectivity index (χ4n) is 1.58. The minimum atomic E-state index is -0.930. The van der Waals surface area contributed by atoms with Crippen LogP contribution in [0.4, 0.5) is 4.39 Å². The minimum Gasteiger partial charge on any atom is -0.386 e. The van der Waals surface area contributed by atoms with E-state index in [1.807, 2.05) is 0 Å². The Labute approximate surface area is 108 Å². The molecule has 102 valence electrons. The number of ether oxygens (including phenoxy) is 1. The van der Waals surface area contributed by atoms with Gasteiger partial charge in [-0.2, -0.15) is 0 Å². The second-order valence-corrected chi connectivity index (χ2v) is 4.76. The van der Waals surface area contributed by atoms with Crippen molar-refractivity contribution in [1.29, 1.82) is 0 Å². The lowest BCUT2D eigenvalue weighted by Gasteiger charge is -2.23. The van der Waals surface area contributed by atoms with Gasteiger partial charge in [0.05, 0.1) is 18.8 Å². The van der Waals surface area contributed by atoms with Gasteiger partial charge in [0.2, 0.25) is 0 Å². The Morgan fingerprint density at radius 3 is 2.78 bits per heavy atom. The van der Waals surface area contributed by atoms with E-state index in [-0.39, 0.29) is 19.0 Å². The van der Waals surface area contributed by atoms with Crippen LogP contribution in [0, 0.1) is 5.82 Å². The maximum absolute atomic E-state index is 13.3. The molecule has 2 N–H and O–H groups in total. The summed E-state index contributed by atoms with van der Waals surface area (Å²) in [6, 6.07) is 6.49. The number of halogens is 1. The van der Waals surface area contributed by atoms with Gasteiger partial charge in [-0.15, -0.1) is 0 Å². The predicted molar refractivity (Wildman–Crippen MR) is 69.8 cm³/mol. The molecule has 0 fully saturated rings. The van der Waals surface area contributed by atoms with Crippen LogP contribution in [0.3, 0.4) is 0 Å². The molecule has 0 saturated heterocycles. The van der Waals surface area contributed by atoms with E-state index >= 15 is 0 Å². The second-order valence-electron chi connectivity index (χ2n) is 4.76. The number of aliphatic hydroxyl groups is 1. The van der Waals surface area contributed by atoms with Gasteiger partial charge >= 0.3 is 0 Å². The SMILES string of the molecule is CCCNCC(C)(O)COCc1ccccc1F.